The van der Waals surface area contributed by atoms with E-state index in [9.17, 15) is 9.59 Å². The van der Waals surface area contributed by atoms with E-state index in [1.807, 2.05) is 12.1 Å². The summed E-state index contributed by atoms with van der Waals surface area (Å²) in [5.41, 5.74) is 1.44. The molecule has 1 aromatic carbocycles. The normalized spacial score (nSPS) is 22.3. The fraction of sp³-hybridized carbons (Fsp3) is 0.565. The summed E-state index contributed by atoms with van der Waals surface area (Å²) >= 11 is 0. The first kappa shape index (κ1) is 21.6. The Hall–Kier alpha value is -2.58. The van der Waals surface area contributed by atoms with Crippen LogP contribution in [-0.4, -0.2) is 69.8 Å². The van der Waals surface area contributed by atoms with Crippen LogP contribution in [0.3, 0.4) is 0 Å². The molecule has 0 unspecified atom stereocenters. The third kappa shape index (κ3) is 4.85. The molecule has 2 heterocycles. The maximum atomic E-state index is 12.9. The first-order valence-electron chi connectivity index (χ1n) is 11.3. The summed E-state index contributed by atoms with van der Waals surface area (Å²) < 4.78 is 10.2. The van der Waals surface area contributed by atoms with Crippen LogP contribution in [0.15, 0.2) is 18.2 Å². The molecule has 1 aliphatic carbocycles. The number of anilines is 1. The van der Waals surface area contributed by atoms with Crippen LogP contribution in [0.5, 0.6) is 5.75 Å². The van der Waals surface area contributed by atoms with Crippen molar-refractivity contribution < 1.29 is 28.9 Å². The van der Waals surface area contributed by atoms with Crippen LogP contribution < -0.4 is 19.9 Å². The van der Waals surface area contributed by atoms with E-state index in [0.29, 0.717) is 23.5 Å². The number of methoxy groups -OCH3 is 2. The molecule has 0 bridgehead atoms. The lowest BCUT2D eigenvalue weighted by Crippen LogP contribution is -3.30. The average molecular weight is 431 g/mol. The van der Waals surface area contributed by atoms with Crippen molar-refractivity contribution in [3.8, 4) is 5.75 Å². The van der Waals surface area contributed by atoms with Gasteiger partial charge in [0.1, 0.15) is 37.6 Å². The number of aromatic amines is 1. The number of rotatable bonds is 6. The number of H-pyrrole nitrogens is 1. The van der Waals surface area contributed by atoms with Crippen molar-refractivity contribution >= 4 is 28.5 Å². The minimum atomic E-state index is -0.512. The topological polar surface area (TPSA) is 89.3 Å². The Balaban J connectivity index is 1.40. The molecule has 2 fully saturated rings. The number of fused-ring (bicyclic) bond motifs is 1. The molecule has 2 aliphatic rings. The van der Waals surface area contributed by atoms with E-state index in [1.165, 1.54) is 44.1 Å². The first-order chi connectivity index (χ1) is 15.1. The maximum absolute atomic E-state index is 12.9. The summed E-state index contributed by atoms with van der Waals surface area (Å²) in [4.78, 5) is 31.2. The molecule has 8 heteroatoms. The lowest BCUT2D eigenvalue weighted by molar-refractivity contribution is -1.02. The van der Waals surface area contributed by atoms with E-state index < -0.39 is 5.97 Å². The standard InChI is InChI=1S/C23H32N4O4/c1-30-17-8-9-18-19(14-17)24-22(23(29)31-2)21(18)25-20(28)15-26-10-12-27(13-11-26)16-6-4-3-5-7-16/h8-9,14,16,24H,3-7,10-13,15H2,1-2H3,(H,25,28)/p+2. The molecule has 1 aromatic heterocycles. The lowest BCUT2D eigenvalue weighted by Gasteiger charge is -2.36. The van der Waals surface area contributed by atoms with Gasteiger partial charge in [-0.05, 0) is 37.8 Å². The van der Waals surface area contributed by atoms with Gasteiger partial charge in [-0.2, -0.15) is 0 Å². The molecule has 2 aromatic rings. The summed E-state index contributed by atoms with van der Waals surface area (Å²) in [6.07, 6.45) is 6.83. The van der Waals surface area contributed by atoms with Crippen molar-refractivity contribution in [3.63, 3.8) is 0 Å². The number of amides is 1. The van der Waals surface area contributed by atoms with Gasteiger partial charge in [0.25, 0.3) is 5.91 Å². The second kappa shape index (κ2) is 9.70. The molecule has 1 saturated heterocycles. The quantitative estimate of drug-likeness (QED) is 0.487. The molecule has 1 amide bonds. The number of ether oxygens (including phenoxy) is 2. The highest BCUT2D eigenvalue weighted by Gasteiger charge is 2.31. The van der Waals surface area contributed by atoms with Gasteiger partial charge in [0.05, 0.1) is 31.5 Å². The Kier molecular flexibility index (Phi) is 6.77. The smallest absolute Gasteiger partial charge is 0.356 e. The SMILES string of the molecule is COC(=O)c1[nH]c2cc(OC)ccc2c1NC(=O)C[NH+]1CC[NH+](C2CCCCC2)CC1. The number of aromatic nitrogens is 1. The van der Waals surface area contributed by atoms with Crippen LogP contribution in [0.1, 0.15) is 42.6 Å². The fourth-order valence-electron chi connectivity index (χ4n) is 5.12. The predicted octanol–water partition coefficient (Wildman–Crippen LogP) is 0.0177. The van der Waals surface area contributed by atoms with Crippen molar-refractivity contribution in [1.82, 2.24) is 4.98 Å². The summed E-state index contributed by atoms with van der Waals surface area (Å²) in [7, 11) is 2.92. The van der Waals surface area contributed by atoms with Gasteiger partial charge in [-0.25, -0.2) is 4.79 Å². The van der Waals surface area contributed by atoms with Crippen LogP contribution in [0.25, 0.3) is 10.9 Å². The molecule has 1 aliphatic heterocycles. The van der Waals surface area contributed by atoms with Gasteiger partial charge in [-0.1, -0.05) is 6.42 Å². The summed E-state index contributed by atoms with van der Waals surface area (Å²) in [6, 6.07) is 6.27. The predicted molar refractivity (Wildman–Crippen MR) is 118 cm³/mol. The Morgan fingerprint density at radius 2 is 1.84 bits per heavy atom. The van der Waals surface area contributed by atoms with Crippen LogP contribution >= 0.6 is 0 Å². The minimum Gasteiger partial charge on any atom is -0.497 e. The van der Waals surface area contributed by atoms with Gasteiger partial charge in [-0.3, -0.25) is 4.79 Å². The second-order valence-corrected chi connectivity index (χ2v) is 8.75. The zero-order valence-electron chi connectivity index (χ0n) is 18.5. The Labute approximate surface area is 182 Å². The number of hydrogen-bond acceptors (Lipinski definition) is 4. The minimum absolute atomic E-state index is 0.0852. The molecular weight excluding hydrogens is 396 g/mol. The molecule has 0 radical (unpaired) electrons. The number of carbonyl (C=O) groups is 2. The Bertz CT molecular complexity index is 927. The van der Waals surface area contributed by atoms with E-state index >= 15 is 0 Å². The maximum Gasteiger partial charge on any atom is 0.356 e. The Morgan fingerprint density at radius 1 is 1.10 bits per heavy atom. The molecule has 1 saturated carbocycles. The zero-order chi connectivity index (χ0) is 21.8. The molecule has 168 valence electrons. The van der Waals surface area contributed by atoms with Gasteiger partial charge in [0.15, 0.2) is 6.54 Å². The number of esters is 1. The van der Waals surface area contributed by atoms with Crippen LogP contribution in [0, 0.1) is 0 Å². The fourth-order valence-corrected chi connectivity index (χ4v) is 5.12. The Morgan fingerprint density at radius 3 is 2.52 bits per heavy atom. The summed E-state index contributed by atoms with van der Waals surface area (Å²) in [5, 5.41) is 3.73. The largest absolute Gasteiger partial charge is 0.497 e. The summed E-state index contributed by atoms with van der Waals surface area (Å²) in [6.45, 7) is 4.69. The van der Waals surface area contributed by atoms with Gasteiger partial charge in [0, 0.05) is 11.5 Å². The van der Waals surface area contributed by atoms with Gasteiger partial charge in [-0.15, -0.1) is 0 Å². The molecule has 4 rings (SSSR count). The number of carbonyl (C=O) groups excluding carboxylic acids is 2. The highest BCUT2D eigenvalue weighted by molar-refractivity contribution is 6.11. The van der Waals surface area contributed by atoms with Crippen LogP contribution in [0.2, 0.25) is 0 Å². The van der Waals surface area contributed by atoms with Crippen LogP contribution in [-0.2, 0) is 9.53 Å². The van der Waals surface area contributed by atoms with Crippen LogP contribution in [0.4, 0.5) is 5.69 Å². The molecule has 8 nitrogen and oxygen atoms in total. The number of nitrogens with one attached hydrogen (secondary N) is 4. The second-order valence-electron chi connectivity index (χ2n) is 8.75. The third-order valence-corrected chi connectivity index (χ3v) is 6.85. The van der Waals surface area contributed by atoms with Crippen molar-refractivity contribution in [2.45, 2.75) is 38.1 Å². The average Bonchev–Trinajstić information content (AvgIpc) is 3.16. The van der Waals surface area contributed by atoms with Gasteiger partial charge >= 0.3 is 5.97 Å². The van der Waals surface area contributed by atoms with Gasteiger partial charge in [0.2, 0.25) is 0 Å². The lowest BCUT2D eigenvalue weighted by atomic mass is 9.94. The van der Waals surface area contributed by atoms with E-state index in [-0.39, 0.29) is 11.6 Å². The first-order valence-corrected chi connectivity index (χ1v) is 11.3. The molecule has 4 N–H and O–H groups in total. The highest BCUT2D eigenvalue weighted by Crippen LogP contribution is 2.31. The summed E-state index contributed by atoms with van der Waals surface area (Å²) in [5.74, 6) is 0.0753. The van der Waals surface area contributed by atoms with Crippen molar-refractivity contribution in [2.24, 2.45) is 0 Å². The zero-order valence-corrected chi connectivity index (χ0v) is 18.5. The van der Waals surface area contributed by atoms with Crippen molar-refractivity contribution in [2.75, 3.05) is 52.3 Å². The van der Waals surface area contributed by atoms with Crippen molar-refractivity contribution in [1.29, 1.82) is 0 Å². The number of hydrogen-bond donors (Lipinski definition) is 4. The van der Waals surface area contributed by atoms with E-state index in [1.54, 1.807) is 18.1 Å². The van der Waals surface area contributed by atoms with Crippen molar-refractivity contribution in [3.05, 3.63) is 23.9 Å². The van der Waals surface area contributed by atoms with E-state index in [2.05, 4.69) is 10.3 Å². The molecule has 31 heavy (non-hydrogen) atoms. The van der Waals surface area contributed by atoms with E-state index in [4.69, 9.17) is 9.47 Å². The van der Waals surface area contributed by atoms with E-state index in [0.717, 1.165) is 37.6 Å². The van der Waals surface area contributed by atoms with Gasteiger partial charge < -0.3 is 29.6 Å². The number of benzene rings is 1. The number of piperazine rings is 1. The molecular formula is C23H34N4O4+2. The highest BCUT2D eigenvalue weighted by atomic mass is 16.5. The molecule has 0 spiro atoms. The molecule has 0 atom stereocenters. The number of quaternary nitrogens is 2. The third-order valence-electron chi connectivity index (χ3n) is 6.85. The monoisotopic (exact) mass is 430 g/mol.